The Labute approximate surface area is 664 Å². The number of hydrogen-bond acceptors (Lipinski definition) is 15. The van der Waals surface area contributed by atoms with Gasteiger partial charge in [0.05, 0.1) is 26.4 Å². The van der Waals surface area contributed by atoms with Crippen molar-refractivity contribution >= 4 is 39.5 Å². The molecule has 0 aliphatic heterocycles. The molecule has 2 unspecified atom stereocenters. The maximum atomic E-state index is 13.2. The third-order valence-electron chi connectivity index (χ3n) is 21.0. The van der Waals surface area contributed by atoms with Crippen LogP contribution in [0, 0.1) is 11.8 Å². The van der Waals surface area contributed by atoms with Gasteiger partial charge in [-0.05, 0) is 37.5 Å². The van der Waals surface area contributed by atoms with Crippen LogP contribution in [0.25, 0.3) is 0 Å². The van der Waals surface area contributed by atoms with E-state index < -0.39 is 97.5 Å². The number of unbranched alkanes of at least 4 members (excludes halogenated alkanes) is 58. The molecule has 0 radical (unpaired) electrons. The van der Waals surface area contributed by atoms with Crippen molar-refractivity contribution in [2.75, 3.05) is 39.6 Å². The average molecular weight is 1580 g/mol. The summed E-state index contributed by atoms with van der Waals surface area (Å²) in [7, 11) is -9.93. The first kappa shape index (κ1) is 106. The highest BCUT2D eigenvalue weighted by atomic mass is 31.2. The zero-order chi connectivity index (χ0) is 79.2. The number of rotatable bonds is 88. The summed E-state index contributed by atoms with van der Waals surface area (Å²) in [4.78, 5) is 73.3. The fourth-order valence-electron chi connectivity index (χ4n) is 14.0. The molecule has 5 atom stereocenters. The van der Waals surface area contributed by atoms with Gasteiger partial charge in [0, 0.05) is 25.7 Å². The van der Waals surface area contributed by atoms with Gasteiger partial charge in [-0.3, -0.25) is 37.3 Å². The molecule has 0 aromatic heterocycles. The maximum absolute atomic E-state index is 13.2. The van der Waals surface area contributed by atoms with Gasteiger partial charge in [0.15, 0.2) is 12.2 Å². The van der Waals surface area contributed by atoms with Crippen molar-refractivity contribution in [3.05, 3.63) is 0 Å². The smallest absolute Gasteiger partial charge is 0.462 e. The van der Waals surface area contributed by atoms with Crippen molar-refractivity contribution in [3.8, 4) is 0 Å². The van der Waals surface area contributed by atoms with E-state index in [1.54, 1.807) is 0 Å². The molecule has 0 fully saturated rings. The third-order valence-corrected chi connectivity index (χ3v) is 22.9. The van der Waals surface area contributed by atoms with Gasteiger partial charge in [0.1, 0.15) is 19.3 Å². The summed E-state index contributed by atoms with van der Waals surface area (Å²) in [6.45, 7) is 9.70. The Bertz CT molecular complexity index is 2060. The Kier molecular flexibility index (Phi) is 78.8. The molecule has 0 aliphatic carbocycles. The monoisotopic (exact) mass is 1580 g/mol. The Morgan fingerprint density at radius 1 is 0.250 bits per heavy atom. The SMILES string of the molecule is CCCCCCCCCCCCCCCCCCCCCCCCC(=O)O[C@H](COC(=O)CCCCCCCCCCCCCCCCCCC(C)C)COP(=O)(O)OC[C@@H](O)COP(=O)(O)OC[C@@H](COC(=O)CCCCCCCCCCCC(C)C)OC(=O)CCCCCCCCCCCCCCCCC. The van der Waals surface area contributed by atoms with E-state index >= 15 is 0 Å². The lowest BCUT2D eigenvalue weighted by molar-refractivity contribution is -0.161. The number of aliphatic hydroxyl groups is 1. The van der Waals surface area contributed by atoms with E-state index in [9.17, 15) is 43.2 Å². The second-order valence-electron chi connectivity index (χ2n) is 32.9. The molecule has 0 amide bonds. The molecule has 17 nitrogen and oxygen atoms in total. The fraction of sp³-hybridized carbons (Fsp3) is 0.955. The summed E-state index contributed by atoms with van der Waals surface area (Å²) in [6, 6.07) is 0. The van der Waals surface area contributed by atoms with E-state index in [0.717, 1.165) is 102 Å². The lowest BCUT2D eigenvalue weighted by Gasteiger charge is -2.21. The van der Waals surface area contributed by atoms with Crippen LogP contribution in [-0.4, -0.2) is 96.7 Å². The first-order valence-electron chi connectivity index (χ1n) is 46.0. The second kappa shape index (κ2) is 80.3. The molecule has 642 valence electrons. The highest BCUT2D eigenvalue weighted by Crippen LogP contribution is 2.45. The van der Waals surface area contributed by atoms with Crippen LogP contribution in [0.3, 0.4) is 0 Å². The van der Waals surface area contributed by atoms with E-state index in [1.807, 2.05) is 0 Å². The number of hydrogen-bond donors (Lipinski definition) is 3. The van der Waals surface area contributed by atoms with Crippen molar-refractivity contribution in [1.82, 2.24) is 0 Å². The van der Waals surface area contributed by atoms with Crippen LogP contribution in [0.2, 0.25) is 0 Å². The van der Waals surface area contributed by atoms with Crippen LogP contribution < -0.4 is 0 Å². The predicted molar refractivity (Wildman–Crippen MR) is 446 cm³/mol. The lowest BCUT2D eigenvalue weighted by Crippen LogP contribution is -2.30. The van der Waals surface area contributed by atoms with E-state index in [0.29, 0.717) is 25.7 Å². The van der Waals surface area contributed by atoms with Crippen LogP contribution >= 0.6 is 15.6 Å². The highest BCUT2D eigenvalue weighted by Gasteiger charge is 2.31. The zero-order valence-electron chi connectivity index (χ0n) is 71.2. The van der Waals surface area contributed by atoms with Crippen LogP contribution in [0.15, 0.2) is 0 Å². The van der Waals surface area contributed by atoms with Crippen LogP contribution in [0.1, 0.15) is 478 Å². The standard InChI is InChI=1S/C89H174O17P2/c1-7-9-11-13-15-17-19-21-23-24-25-26-27-28-29-35-39-43-49-56-62-68-74-89(94)105-84(77-99-86(91)71-65-59-53-47-41-37-34-31-30-33-36-40-45-51-57-63-69-81(3)4)79-103-107(95,96)101-75-83(90)76-102-108(97,98)104-80-85(78-100-87(92)72-66-60-54-50-44-46-52-58-64-70-82(5)6)106-88(93)73-67-61-55-48-42-38-32-22-20-18-16-14-12-10-8-2/h81-85,90H,7-80H2,1-6H3,(H,95,96)(H,97,98)/t83-,84-,85-/m1/s1. The van der Waals surface area contributed by atoms with Crippen molar-refractivity contribution in [3.63, 3.8) is 0 Å². The van der Waals surface area contributed by atoms with E-state index in [2.05, 4.69) is 41.5 Å². The fourth-order valence-corrected chi connectivity index (χ4v) is 15.5. The number of phosphoric ester groups is 2. The van der Waals surface area contributed by atoms with Crippen LogP contribution in [0.4, 0.5) is 0 Å². The molecule has 0 saturated heterocycles. The van der Waals surface area contributed by atoms with Gasteiger partial charge in [-0.1, -0.05) is 427 Å². The molecule has 108 heavy (non-hydrogen) atoms. The van der Waals surface area contributed by atoms with Gasteiger partial charge in [0.2, 0.25) is 0 Å². The minimum Gasteiger partial charge on any atom is -0.462 e. The summed E-state index contributed by atoms with van der Waals surface area (Å²) >= 11 is 0. The van der Waals surface area contributed by atoms with Gasteiger partial charge in [-0.25, -0.2) is 9.13 Å². The summed E-state index contributed by atoms with van der Waals surface area (Å²) in [5.74, 6) is -0.542. The molecule has 0 heterocycles. The maximum Gasteiger partial charge on any atom is 0.472 e. The van der Waals surface area contributed by atoms with Gasteiger partial charge < -0.3 is 33.8 Å². The number of esters is 4. The summed E-state index contributed by atoms with van der Waals surface area (Å²) < 4.78 is 69.0. The molecular weight excluding hydrogens is 1400 g/mol. The quantitative estimate of drug-likeness (QED) is 0.0222. The van der Waals surface area contributed by atoms with Gasteiger partial charge >= 0.3 is 39.5 Å². The van der Waals surface area contributed by atoms with Gasteiger partial charge in [-0.2, -0.15) is 0 Å². The summed E-state index contributed by atoms with van der Waals surface area (Å²) in [5.41, 5.74) is 0. The Balaban J connectivity index is 5.24. The largest absolute Gasteiger partial charge is 0.472 e. The number of phosphoric acid groups is 2. The third kappa shape index (κ3) is 82.1. The molecule has 0 bridgehead atoms. The van der Waals surface area contributed by atoms with Crippen molar-refractivity contribution in [1.29, 1.82) is 0 Å². The Hall–Kier alpha value is -1.94. The molecule has 3 N–H and O–H groups in total. The second-order valence-corrected chi connectivity index (χ2v) is 35.8. The molecule has 0 spiro atoms. The minimum atomic E-state index is -4.97. The molecule has 0 saturated carbocycles. The molecular formula is C89H174O17P2. The first-order chi connectivity index (χ1) is 52.4. The number of carbonyl (C=O) groups is 4. The molecule has 0 aromatic carbocycles. The van der Waals surface area contributed by atoms with Crippen molar-refractivity contribution in [2.24, 2.45) is 11.8 Å². The molecule has 0 rings (SSSR count). The van der Waals surface area contributed by atoms with Gasteiger partial charge in [0.25, 0.3) is 0 Å². The Morgan fingerprint density at radius 2 is 0.426 bits per heavy atom. The highest BCUT2D eigenvalue weighted by molar-refractivity contribution is 7.47. The topological polar surface area (TPSA) is 237 Å². The molecule has 0 aromatic rings. The van der Waals surface area contributed by atoms with Crippen LogP contribution in [-0.2, 0) is 65.4 Å². The first-order valence-corrected chi connectivity index (χ1v) is 49.0. The van der Waals surface area contributed by atoms with Gasteiger partial charge in [-0.15, -0.1) is 0 Å². The zero-order valence-corrected chi connectivity index (χ0v) is 73.0. The van der Waals surface area contributed by atoms with E-state index in [4.69, 9.17) is 37.0 Å². The Morgan fingerprint density at radius 3 is 0.630 bits per heavy atom. The lowest BCUT2D eigenvalue weighted by atomic mass is 10.0. The number of aliphatic hydroxyl groups excluding tert-OH is 1. The predicted octanol–water partition coefficient (Wildman–Crippen LogP) is 27.4. The summed E-state index contributed by atoms with van der Waals surface area (Å²) in [5, 5.41) is 10.7. The number of carbonyl (C=O) groups excluding carboxylic acids is 4. The number of ether oxygens (including phenoxy) is 4. The average Bonchev–Trinajstić information content (AvgIpc) is 0.897. The minimum absolute atomic E-state index is 0.108. The normalized spacial score (nSPS) is 13.8. The van der Waals surface area contributed by atoms with E-state index in [1.165, 1.54) is 295 Å². The van der Waals surface area contributed by atoms with Crippen LogP contribution in [0.5, 0.6) is 0 Å². The van der Waals surface area contributed by atoms with Crippen molar-refractivity contribution < 1.29 is 80.2 Å². The summed E-state index contributed by atoms with van der Waals surface area (Å²) in [6.07, 6.45) is 73.7. The van der Waals surface area contributed by atoms with E-state index in [-0.39, 0.29) is 25.7 Å². The van der Waals surface area contributed by atoms with Crippen molar-refractivity contribution in [2.45, 2.75) is 496 Å². The molecule has 19 heteroatoms. The molecule has 0 aliphatic rings.